The number of aliphatic hydroxyl groups is 1. The van der Waals surface area contributed by atoms with Gasteiger partial charge in [0.05, 0.1) is 57.5 Å². The summed E-state index contributed by atoms with van der Waals surface area (Å²) in [5, 5.41) is 37.1. The highest BCUT2D eigenvalue weighted by atomic mass is 32.1. The minimum absolute atomic E-state index is 0.0399. The topological polar surface area (TPSA) is 244 Å². The number of aryl methyl sites for hydroxylation is 1. The fraction of sp³-hybridized carbons (Fsp3) is 0.533. The number of hydrogen-bond acceptors (Lipinski definition) is 19. The van der Waals surface area contributed by atoms with Gasteiger partial charge >= 0.3 is 0 Å². The first-order valence-electron chi connectivity index (χ1n) is 28.9. The second-order valence-electron chi connectivity index (χ2n) is 23.3. The van der Waals surface area contributed by atoms with Crippen LogP contribution in [0.2, 0.25) is 0 Å². The van der Waals surface area contributed by atoms with E-state index < -0.39 is 18.1 Å². The quantitative estimate of drug-likeness (QED) is 0.0564. The standard InChI is InChI=1S/C60H76N12O8S/c1-34(2)56(60(76)71-32-43(73)24-51(71)59(75)65-36(5)38-11-18-48(63-29-38)57-37(6)64-33-81-57)53-28-55(68-80-53)77-22-21-70(35(3)4)39-14-16-44(17-15-39)78-45-25-46(26-45)79-54-23-40(19-20-62-54)72-41-12-13-42(72)31-69(30-41)50-27-49(66-67-58(50)61)47-9-7-8-10-52(47)74/h7-11,18-20,23,27-29,33-36,39,41-46,51,56,73-74H,12-17,21-22,24-26,30-32H2,1-6H3,(H2,61,67)(H,65,75)/t36-,39-,41?,42?,43+,44-,45-,46-,51-,56+/m0/s1. The molecule has 5 aromatic heterocycles. The van der Waals surface area contributed by atoms with Crippen molar-refractivity contribution < 1.29 is 38.5 Å². The number of phenols is 1. The molecule has 6 aromatic rings. The molecule has 8 heterocycles. The van der Waals surface area contributed by atoms with E-state index in [4.69, 9.17) is 24.5 Å². The number of piperazine rings is 1. The van der Waals surface area contributed by atoms with Crippen LogP contribution in [0.3, 0.4) is 0 Å². The smallest absolute Gasteiger partial charge is 0.254 e. The van der Waals surface area contributed by atoms with Crippen LogP contribution in [0.15, 0.2) is 83.1 Å². The molecular formula is C60H76N12O8S. The fourth-order valence-electron chi connectivity index (χ4n) is 12.9. The van der Waals surface area contributed by atoms with Crippen molar-refractivity contribution >= 4 is 40.3 Å². The highest BCUT2D eigenvalue weighted by Gasteiger charge is 2.45. The lowest BCUT2D eigenvalue weighted by Crippen LogP contribution is -2.54. The number of hydrogen-bond donors (Lipinski definition) is 4. The van der Waals surface area contributed by atoms with E-state index in [1.54, 1.807) is 29.9 Å². The number of fused-ring (bicyclic) bond motifs is 2. The van der Waals surface area contributed by atoms with Crippen LogP contribution in [0.1, 0.15) is 121 Å². The van der Waals surface area contributed by atoms with Crippen LogP contribution in [0.5, 0.6) is 17.5 Å². The van der Waals surface area contributed by atoms with E-state index in [-0.39, 0.29) is 72.9 Å². The normalized spacial score (nSPS) is 24.4. The van der Waals surface area contributed by atoms with Gasteiger partial charge < -0.3 is 54.7 Å². The van der Waals surface area contributed by atoms with Gasteiger partial charge in [-0.1, -0.05) is 32.0 Å². The molecule has 20 nitrogen and oxygen atoms in total. The van der Waals surface area contributed by atoms with Crippen LogP contribution in [0.4, 0.5) is 17.2 Å². The van der Waals surface area contributed by atoms with Crippen LogP contribution >= 0.6 is 11.3 Å². The minimum atomic E-state index is -0.853. The van der Waals surface area contributed by atoms with E-state index in [0.29, 0.717) is 59.8 Å². The molecule has 6 atom stereocenters. The van der Waals surface area contributed by atoms with Gasteiger partial charge in [-0.2, -0.15) is 0 Å². The minimum Gasteiger partial charge on any atom is -0.507 e. The first-order chi connectivity index (χ1) is 39.1. The number of rotatable bonds is 20. The Balaban J connectivity index is 0.614. The number of likely N-dealkylation sites (tertiary alicyclic amines) is 1. The van der Waals surface area contributed by atoms with Crippen LogP contribution in [0.25, 0.3) is 21.8 Å². The van der Waals surface area contributed by atoms with Crippen molar-refractivity contribution in [1.29, 1.82) is 0 Å². The van der Waals surface area contributed by atoms with Crippen molar-refractivity contribution in [1.82, 2.24) is 45.4 Å². The molecule has 2 aliphatic carbocycles. The maximum atomic E-state index is 14.3. The summed E-state index contributed by atoms with van der Waals surface area (Å²) in [6.45, 7) is 14.8. The number of phenolic OH excluding ortho intramolecular Hbond substituents is 1. The number of aromatic nitrogens is 6. The molecule has 2 unspecified atom stereocenters. The predicted molar refractivity (Wildman–Crippen MR) is 308 cm³/mol. The number of β-amino-alcohol motifs (C(OH)–C–C–N with tert-alkyl or cyclic N) is 1. The molecule has 21 heteroatoms. The van der Waals surface area contributed by atoms with Crippen molar-refractivity contribution in [2.24, 2.45) is 5.92 Å². The van der Waals surface area contributed by atoms with E-state index in [1.807, 2.05) is 64.2 Å². The predicted octanol–water partition coefficient (Wildman–Crippen LogP) is 8.10. The van der Waals surface area contributed by atoms with Crippen molar-refractivity contribution in [3.05, 3.63) is 95.6 Å². The van der Waals surface area contributed by atoms with Crippen LogP contribution in [-0.4, -0.2) is 150 Å². The van der Waals surface area contributed by atoms with Crippen molar-refractivity contribution in [2.75, 3.05) is 48.3 Å². The summed E-state index contributed by atoms with van der Waals surface area (Å²) in [5.41, 5.74) is 13.9. The summed E-state index contributed by atoms with van der Waals surface area (Å²) in [5.74, 6) is 0.281. The molecule has 0 radical (unpaired) electrons. The number of nitrogen functional groups attached to an aromatic ring is 1. The first-order valence-corrected chi connectivity index (χ1v) is 29.7. The SMILES string of the molecule is Cc1ncsc1-c1ccc([C@H](C)NC(=O)[C@@H]2C[C@@H](O)CN2C(=O)[C@@H](c2cc(OCCN(C(C)C)[C@H]3CC[C@H](O[C@H]4C[C@H](Oc5cc(N6C7CCC6CN(c6cc(-c8ccccc8O)nnc6N)C7)ccn5)C4)CC3)no2)C(C)C)cn1. The zero-order valence-corrected chi connectivity index (χ0v) is 48.0. The maximum absolute atomic E-state index is 14.3. The molecule has 0 spiro atoms. The number of thiazole rings is 1. The van der Waals surface area contributed by atoms with Gasteiger partial charge in [0.1, 0.15) is 30.4 Å². The van der Waals surface area contributed by atoms with E-state index in [1.165, 1.54) is 16.2 Å². The Hall–Kier alpha value is -6.94. The Kier molecular flexibility index (Phi) is 16.8. The van der Waals surface area contributed by atoms with Crippen molar-refractivity contribution in [2.45, 2.75) is 166 Å². The van der Waals surface area contributed by atoms with Crippen molar-refractivity contribution in [3.8, 4) is 39.3 Å². The molecule has 2 saturated carbocycles. The lowest BCUT2D eigenvalue weighted by Gasteiger charge is -2.43. The Morgan fingerprint density at radius 1 is 0.864 bits per heavy atom. The Labute approximate surface area is 477 Å². The van der Waals surface area contributed by atoms with E-state index in [0.717, 1.165) is 97.7 Å². The number of carbonyl (C=O) groups excluding carboxylic acids is 2. The third kappa shape index (κ3) is 12.3. The van der Waals surface area contributed by atoms with Gasteiger partial charge in [0.15, 0.2) is 11.6 Å². The summed E-state index contributed by atoms with van der Waals surface area (Å²) in [6.07, 6.45) is 11.2. The molecular weight excluding hydrogens is 1050 g/mol. The van der Waals surface area contributed by atoms with Crippen LogP contribution in [0, 0.1) is 12.8 Å². The number of pyridine rings is 2. The van der Waals surface area contributed by atoms with Gasteiger partial charge in [0.2, 0.25) is 17.7 Å². The van der Waals surface area contributed by atoms with Crippen LogP contribution in [-0.2, 0) is 14.3 Å². The molecule has 3 saturated heterocycles. The molecule has 81 heavy (non-hydrogen) atoms. The first kappa shape index (κ1) is 55.9. The third-order valence-electron chi connectivity index (χ3n) is 17.2. The fourth-order valence-corrected chi connectivity index (χ4v) is 13.6. The lowest BCUT2D eigenvalue weighted by molar-refractivity contribution is -0.141. The largest absolute Gasteiger partial charge is 0.507 e. The zero-order chi connectivity index (χ0) is 56.5. The average Bonchev–Trinajstić information content (AvgIpc) is 4.48. The molecule has 5 fully saturated rings. The number of amides is 2. The molecule has 11 rings (SSSR count). The molecule has 5 aliphatic rings. The molecule has 2 amide bonds. The highest BCUT2D eigenvalue weighted by Crippen LogP contribution is 2.41. The average molecular weight is 1130 g/mol. The van der Waals surface area contributed by atoms with E-state index in [9.17, 15) is 19.8 Å². The number of ether oxygens (including phenoxy) is 3. The Bertz CT molecular complexity index is 3110. The Morgan fingerprint density at radius 3 is 2.35 bits per heavy atom. The maximum Gasteiger partial charge on any atom is 0.254 e. The number of carbonyl (C=O) groups is 2. The van der Waals surface area contributed by atoms with Gasteiger partial charge in [0.25, 0.3) is 5.88 Å². The second kappa shape index (κ2) is 24.3. The van der Waals surface area contributed by atoms with Gasteiger partial charge in [-0.15, -0.1) is 21.5 Å². The number of nitrogens with one attached hydrogen (secondary N) is 1. The number of benzene rings is 1. The van der Waals surface area contributed by atoms with Gasteiger partial charge in [-0.3, -0.25) is 19.5 Å². The number of nitrogens with zero attached hydrogens (tertiary/aromatic N) is 10. The zero-order valence-electron chi connectivity index (χ0n) is 47.1. The molecule has 2 bridgehead atoms. The molecule has 3 aliphatic heterocycles. The number of anilines is 3. The molecule has 430 valence electrons. The van der Waals surface area contributed by atoms with Gasteiger partial charge in [-0.25, -0.2) is 9.97 Å². The van der Waals surface area contributed by atoms with Crippen LogP contribution < -0.4 is 30.3 Å². The number of nitrogens with two attached hydrogens (primary N) is 1. The van der Waals surface area contributed by atoms with Gasteiger partial charge in [0, 0.05) is 105 Å². The summed E-state index contributed by atoms with van der Waals surface area (Å²) >= 11 is 1.53. The van der Waals surface area contributed by atoms with E-state index in [2.05, 4.69) is 76.3 Å². The lowest BCUT2D eigenvalue weighted by atomic mass is 9.88. The monoisotopic (exact) mass is 1120 g/mol. The Morgan fingerprint density at radius 2 is 1.64 bits per heavy atom. The van der Waals surface area contributed by atoms with E-state index >= 15 is 0 Å². The summed E-state index contributed by atoms with van der Waals surface area (Å²) < 4.78 is 25.1. The molecule has 5 N–H and O–H groups in total. The third-order valence-corrected chi connectivity index (χ3v) is 18.1. The number of aromatic hydroxyl groups is 1. The number of para-hydroxylation sites is 1. The summed E-state index contributed by atoms with van der Waals surface area (Å²) in [4.78, 5) is 51.5. The number of aliphatic hydroxyl groups excluding tert-OH is 1. The highest BCUT2D eigenvalue weighted by molar-refractivity contribution is 7.13. The molecule has 1 aromatic carbocycles. The van der Waals surface area contributed by atoms with Crippen molar-refractivity contribution in [3.63, 3.8) is 0 Å². The van der Waals surface area contributed by atoms with Gasteiger partial charge in [-0.05, 0) is 113 Å². The summed E-state index contributed by atoms with van der Waals surface area (Å²) in [7, 11) is 0. The summed E-state index contributed by atoms with van der Waals surface area (Å²) in [6, 6.07) is 18.8. The second-order valence-corrected chi connectivity index (χ2v) is 24.2.